The van der Waals surface area contributed by atoms with Gasteiger partial charge in [-0.3, -0.25) is 4.40 Å². The molecule has 14 heteroatoms. The van der Waals surface area contributed by atoms with Gasteiger partial charge in [0.05, 0.1) is 36.0 Å². The van der Waals surface area contributed by atoms with E-state index in [9.17, 15) is 22.5 Å². The summed E-state index contributed by atoms with van der Waals surface area (Å²) in [5.74, 6) is 0.112. The quantitative estimate of drug-likeness (QED) is 0.324. The predicted molar refractivity (Wildman–Crippen MR) is 132 cm³/mol. The number of hydrogen-bond donors (Lipinski definition) is 0. The van der Waals surface area contributed by atoms with Crippen LogP contribution in [0.5, 0.6) is 0 Å². The number of sulfonamides is 1. The minimum atomic E-state index is -4.31. The highest BCUT2D eigenvalue weighted by atomic mass is 35.5. The summed E-state index contributed by atoms with van der Waals surface area (Å²) < 4.78 is 62.0. The van der Waals surface area contributed by atoms with Gasteiger partial charge in [0.1, 0.15) is 4.90 Å². The molecule has 0 N–H and O–H groups in total. The van der Waals surface area contributed by atoms with E-state index in [1.807, 2.05) is 32.0 Å². The van der Waals surface area contributed by atoms with Gasteiger partial charge >= 0.3 is 0 Å². The molecule has 0 atom stereocenters. The van der Waals surface area contributed by atoms with E-state index in [0.717, 1.165) is 15.4 Å². The van der Waals surface area contributed by atoms with Crippen LogP contribution in [0.15, 0.2) is 41.6 Å². The van der Waals surface area contributed by atoms with Crippen LogP contribution in [-0.2, 0) is 21.3 Å². The molecule has 0 unspecified atom stereocenters. The summed E-state index contributed by atoms with van der Waals surface area (Å²) in [6.45, 7) is 3.64. The second kappa shape index (κ2) is 9.38. The van der Waals surface area contributed by atoms with Crippen LogP contribution in [0.4, 0.5) is 8.78 Å². The summed E-state index contributed by atoms with van der Waals surface area (Å²) in [4.78, 5) is 4.01. The minimum Gasteiger partial charge on any atom is -0.375 e. The first-order chi connectivity index (χ1) is 17.6. The summed E-state index contributed by atoms with van der Waals surface area (Å²) in [6, 6.07) is 8.98. The van der Waals surface area contributed by atoms with Crippen molar-refractivity contribution in [3.8, 4) is 16.9 Å². The molecule has 1 aliphatic heterocycles. The van der Waals surface area contributed by atoms with Gasteiger partial charge in [-0.2, -0.15) is 9.57 Å². The van der Waals surface area contributed by atoms with E-state index in [4.69, 9.17) is 16.3 Å². The van der Waals surface area contributed by atoms with Crippen molar-refractivity contribution >= 4 is 38.5 Å². The van der Waals surface area contributed by atoms with Crippen LogP contribution in [0, 0.1) is 25.2 Å². The zero-order valence-electron chi connectivity index (χ0n) is 19.5. The number of fused-ring (bicyclic) bond motifs is 1. The maximum absolute atomic E-state index is 14.0. The van der Waals surface area contributed by atoms with Gasteiger partial charge in [-0.25, -0.2) is 22.2 Å². The van der Waals surface area contributed by atoms with E-state index in [1.54, 1.807) is 0 Å². The second-order valence-electron chi connectivity index (χ2n) is 8.67. The van der Waals surface area contributed by atoms with Gasteiger partial charge in [0.2, 0.25) is 10.0 Å². The molecule has 0 aliphatic carbocycles. The number of nitrogens with zero attached hydrogens (tertiary/aromatic N) is 6. The Hall–Kier alpha value is -3.02. The Morgan fingerprint density at radius 3 is 2.62 bits per heavy atom. The molecule has 1 fully saturated rings. The lowest BCUT2D eigenvalue weighted by atomic mass is 9.98. The Morgan fingerprint density at radius 1 is 1.27 bits per heavy atom. The number of aryl methyl sites for hydroxylation is 2. The molecule has 4 aromatic rings. The number of aromatic nitrogens is 4. The average molecular weight is 565 g/mol. The van der Waals surface area contributed by atoms with E-state index in [2.05, 4.69) is 21.3 Å². The van der Waals surface area contributed by atoms with Crippen molar-refractivity contribution in [3.05, 3.63) is 63.4 Å². The van der Waals surface area contributed by atoms with Gasteiger partial charge in [-0.15, -0.1) is 10.2 Å². The van der Waals surface area contributed by atoms with Crippen LogP contribution in [0.2, 0.25) is 5.02 Å². The molecule has 192 valence electrons. The second-order valence-corrected chi connectivity index (χ2v) is 12.0. The largest absolute Gasteiger partial charge is 0.375 e. The molecule has 37 heavy (non-hydrogen) atoms. The number of benzene rings is 1. The van der Waals surface area contributed by atoms with Crippen LogP contribution >= 0.6 is 22.9 Å². The highest BCUT2D eigenvalue weighted by Gasteiger charge is 2.51. The molecular weight excluding hydrogens is 546 g/mol. The number of rotatable bonds is 7. The van der Waals surface area contributed by atoms with Crippen LogP contribution in [0.3, 0.4) is 0 Å². The fourth-order valence-electron chi connectivity index (χ4n) is 3.97. The average Bonchev–Trinajstić information content (AvgIpc) is 3.48. The summed E-state index contributed by atoms with van der Waals surface area (Å²) >= 11 is 7.08. The standard InChI is InChI=1S/C23H19ClF2N6O3S2/c1-13-3-4-15(5-14(13)2)8-32(23(10-27)11-35-12-23)37(33,34)16-6-17(24)18-7-28-20(31(18)9-16)22-30-29-21(36-22)19(25)26/h3-7,9,19H,8,11-12H2,1-2H3. The fourth-order valence-corrected chi connectivity index (χ4v) is 6.67. The minimum absolute atomic E-state index is 0.0685. The zero-order valence-corrected chi connectivity index (χ0v) is 21.9. The smallest absolute Gasteiger partial charge is 0.291 e. The van der Waals surface area contributed by atoms with E-state index < -0.39 is 27.0 Å². The van der Waals surface area contributed by atoms with E-state index in [0.29, 0.717) is 22.4 Å². The first kappa shape index (κ1) is 25.6. The zero-order chi connectivity index (χ0) is 26.5. The lowest BCUT2D eigenvalue weighted by Gasteiger charge is -2.43. The van der Waals surface area contributed by atoms with Gasteiger partial charge < -0.3 is 4.74 Å². The topological polar surface area (TPSA) is 113 Å². The molecule has 0 spiro atoms. The number of imidazole rings is 1. The van der Waals surface area contributed by atoms with Gasteiger partial charge in [0.25, 0.3) is 6.43 Å². The lowest BCUT2D eigenvalue weighted by molar-refractivity contribution is -0.0810. The van der Waals surface area contributed by atoms with Gasteiger partial charge in [-0.05, 0) is 36.6 Å². The van der Waals surface area contributed by atoms with Crippen molar-refractivity contribution in [1.82, 2.24) is 23.9 Å². The number of hydrogen-bond acceptors (Lipinski definition) is 8. The summed E-state index contributed by atoms with van der Waals surface area (Å²) in [5.41, 5.74) is 1.70. The Labute approximate surface area is 220 Å². The van der Waals surface area contributed by atoms with Crippen molar-refractivity contribution in [2.45, 2.75) is 37.3 Å². The lowest BCUT2D eigenvalue weighted by Crippen LogP contribution is -2.62. The third-order valence-electron chi connectivity index (χ3n) is 6.24. The molecule has 3 aromatic heterocycles. The Balaban J connectivity index is 1.63. The molecule has 5 rings (SSSR count). The SMILES string of the molecule is Cc1ccc(CN(C2(C#N)COC2)S(=O)(=O)c2cc(Cl)c3cnc(-c4nnc(C(F)F)s4)n3c2)cc1C. The summed E-state index contributed by atoms with van der Waals surface area (Å²) in [5, 5.41) is 16.9. The van der Waals surface area contributed by atoms with Crippen molar-refractivity contribution < 1.29 is 21.9 Å². The molecule has 0 saturated carbocycles. The summed E-state index contributed by atoms with van der Waals surface area (Å²) in [7, 11) is -4.31. The molecule has 9 nitrogen and oxygen atoms in total. The Kier molecular flexibility index (Phi) is 6.49. The van der Waals surface area contributed by atoms with E-state index >= 15 is 0 Å². The maximum atomic E-state index is 14.0. The van der Waals surface area contributed by atoms with Gasteiger partial charge in [0.15, 0.2) is 21.4 Å². The fraction of sp³-hybridized carbons (Fsp3) is 0.304. The molecule has 1 aliphatic rings. The van der Waals surface area contributed by atoms with Crippen LogP contribution in [0.1, 0.15) is 28.1 Å². The predicted octanol–water partition coefficient (Wildman–Crippen LogP) is 4.54. The molecule has 0 radical (unpaired) electrons. The first-order valence-corrected chi connectivity index (χ1v) is 13.6. The van der Waals surface area contributed by atoms with Crippen LogP contribution in [0.25, 0.3) is 16.3 Å². The number of halogens is 3. The molecule has 1 saturated heterocycles. The number of ether oxygens (including phenoxy) is 1. The van der Waals surface area contributed by atoms with Gasteiger partial charge in [-0.1, -0.05) is 41.1 Å². The van der Waals surface area contributed by atoms with Crippen molar-refractivity contribution in [2.75, 3.05) is 13.2 Å². The number of nitriles is 1. The first-order valence-electron chi connectivity index (χ1n) is 10.9. The van der Waals surface area contributed by atoms with E-state index in [1.165, 1.54) is 22.9 Å². The maximum Gasteiger partial charge on any atom is 0.291 e. The normalized spacial score (nSPS) is 15.3. The Morgan fingerprint density at radius 2 is 2.03 bits per heavy atom. The molecule has 1 aromatic carbocycles. The highest BCUT2D eigenvalue weighted by Crippen LogP contribution is 2.36. The van der Waals surface area contributed by atoms with Crippen LogP contribution < -0.4 is 0 Å². The number of alkyl halides is 2. The molecular formula is C23H19ClF2N6O3S2. The summed E-state index contributed by atoms with van der Waals surface area (Å²) in [6.07, 6.45) is -0.121. The third-order valence-corrected chi connectivity index (χ3v) is 9.35. The van der Waals surface area contributed by atoms with Gasteiger partial charge in [0, 0.05) is 12.7 Å². The third kappa shape index (κ3) is 4.38. The molecule has 0 amide bonds. The highest BCUT2D eigenvalue weighted by molar-refractivity contribution is 7.89. The number of pyridine rings is 1. The van der Waals surface area contributed by atoms with Crippen LogP contribution in [-0.4, -0.2) is 51.1 Å². The van der Waals surface area contributed by atoms with E-state index in [-0.39, 0.29) is 40.5 Å². The molecule has 0 bridgehead atoms. The Bertz CT molecular complexity index is 1660. The molecule has 4 heterocycles. The van der Waals surface area contributed by atoms with Crippen molar-refractivity contribution in [2.24, 2.45) is 0 Å². The van der Waals surface area contributed by atoms with Crippen molar-refractivity contribution in [3.63, 3.8) is 0 Å². The van der Waals surface area contributed by atoms with Crippen molar-refractivity contribution in [1.29, 1.82) is 5.26 Å². The monoisotopic (exact) mass is 564 g/mol.